The van der Waals surface area contributed by atoms with E-state index in [0.717, 1.165) is 10.0 Å². The first-order chi connectivity index (χ1) is 11.5. The molecule has 0 spiro atoms. The van der Waals surface area contributed by atoms with Crippen molar-refractivity contribution in [2.75, 3.05) is 18.8 Å². The van der Waals surface area contributed by atoms with Gasteiger partial charge in [-0.1, -0.05) is 28.1 Å². The van der Waals surface area contributed by atoms with Gasteiger partial charge in [0.05, 0.1) is 5.92 Å². The van der Waals surface area contributed by atoms with Gasteiger partial charge in [-0.05, 0) is 17.7 Å². The molecule has 2 atom stereocenters. The zero-order chi connectivity index (χ0) is 17.3. The average molecular weight is 391 g/mol. The molecule has 1 aliphatic heterocycles. The Morgan fingerprint density at radius 3 is 2.46 bits per heavy atom. The van der Waals surface area contributed by atoms with E-state index in [0.29, 0.717) is 6.54 Å². The van der Waals surface area contributed by atoms with Gasteiger partial charge in [-0.25, -0.2) is 9.97 Å². The Kier molecular flexibility index (Phi) is 4.48. The summed E-state index contributed by atoms with van der Waals surface area (Å²) in [6, 6.07) is 7.46. The van der Waals surface area contributed by atoms with E-state index in [1.807, 2.05) is 24.3 Å². The highest BCUT2D eigenvalue weighted by molar-refractivity contribution is 9.10. The maximum atomic E-state index is 12.6. The lowest BCUT2D eigenvalue weighted by Gasteiger charge is -2.16. The molecule has 2 aromatic rings. The Morgan fingerprint density at radius 2 is 1.83 bits per heavy atom. The van der Waals surface area contributed by atoms with Gasteiger partial charge in [-0.2, -0.15) is 0 Å². The summed E-state index contributed by atoms with van der Waals surface area (Å²) in [5.41, 5.74) is 6.64. The Labute approximate surface area is 146 Å². The van der Waals surface area contributed by atoms with Crippen LogP contribution in [0.15, 0.2) is 41.1 Å². The molecular weight excluding hydrogens is 376 g/mol. The Balaban J connectivity index is 1.87. The van der Waals surface area contributed by atoms with E-state index >= 15 is 0 Å². The molecule has 3 N–H and O–H groups in total. The van der Waals surface area contributed by atoms with E-state index in [1.54, 1.807) is 0 Å². The van der Waals surface area contributed by atoms with Gasteiger partial charge in [0.25, 0.3) is 5.91 Å². The van der Waals surface area contributed by atoms with Gasteiger partial charge in [-0.3, -0.25) is 9.59 Å². The number of carbonyl (C=O) groups excluding carboxylic acids is 1. The molecule has 8 heteroatoms. The van der Waals surface area contributed by atoms with E-state index in [9.17, 15) is 14.7 Å². The van der Waals surface area contributed by atoms with E-state index in [1.165, 1.54) is 17.3 Å². The van der Waals surface area contributed by atoms with Crippen LogP contribution in [0.4, 0.5) is 5.82 Å². The fraction of sp³-hybridized carbons (Fsp3) is 0.250. The third-order valence-electron chi connectivity index (χ3n) is 4.15. The number of likely N-dealkylation sites (tertiary alicyclic amines) is 1. The highest BCUT2D eigenvalue weighted by Gasteiger charge is 2.41. The summed E-state index contributed by atoms with van der Waals surface area (Å²) < 4.78 is 0.913. The van der Waals surface area contributed by atoms with Gasteiger partial charge in [0.1, 0.15) is 0 Å². The summed E-state index contributed by atoms with van der Waals surface area (Å²) in [4.78, 5) is 33.5. The summed E-state index contributed by atoms with van der Waals surface area (Å²) in [7, 11) is 0. The standard InChI is InChI=1S/C16H15BrN4O3/c17-10-3-1-9(2-4-10)11-7-21(8-12(11)16(23)24)15(22)13-14(18)20-6-5-19-13/h1-6,11-12H,7-8H2,(H2,18,20)(H,23,24)/t11-,12+/m1/s1. The van der Waals surface area contributed by atoms with Crippen LogP contribution in [0.1, 0.15) is 22.0 Å². The predicted octanol–water partition coefficient (Wildman–Crippen LogP) is 1.76. The van der Waals surface area contributed by atoms with Gasteiger partial charge in [0, 0.05) is 35.9 Å². The van der Waals surface area contributed by atoms with Crippen molar-refractivity contribution in [1.29, 1.82) is 0 Å². The molecule has 24 heavy (non-hydrogen) atoms. The number of nitrogen functional groups attached to an aromatic ring is 1. The molecule has 1 aromatic heterocycles. The molecule has 2 heterocycles. The second-order valence-electron chi connectivity index (χ2n) is 5.60. The smallest absolute Gasteiger partial charge is 0.308 e. The molecule has 1 aromatic carbocycles. The molecule has 0 unspecified atom stereocenters. The van der Waals surface area contributed by atoms with Gasteiger partial charge >= 0.3 is 5.97 Å². The van der Waals surface area contributed by atoms with Crippen molar-refractivity contribution in [3.05, 3.63) is 52.4 Å². The van der Waals surface area contributed by atoms with E-state index < -0.39 is 17.8 Å². The topological polar surface area (TPSA) is 109 Å². The van der Waals surface area contributed by atoms with Crippen LogP contribution in [0.5, 0.6) is 0 Å². The lowest BCUT2D eigenvalue weighted by molar-refractivity contribution is -0.141. The van der Waals surface area contributed by atoms with Gasteiger partial charge in [0.15, 0.2) is 11.5 Å². The number of rotatable bonds is 3. The first-order valence-electron chi connectivity index (χ1n) is 7.31. The van der Waals surface area contributed by atoms with E-state index in [2.05, 4.69) is 25.9 Å². The summed E-state index contributed by atoms with van der Waals surface area (Å²) in [5.74, 6) is -2.23. The zero-order valence-corrected chi connectivity index (χ0v) is 14.2. The Hall–Kier alpha value is -2.48. The number of carboxylic acids is 1. The third-order valence-corrected chi connectivity index (χ3v) is 4.68. The summed E-state index contributed by atoms with van der Waals surface area (Å²) >= 11 is 3.36. The lowest BCUT2D eigenvalue weighted by atomic mass is 9.89. The van der Waals surface area contributed by atoms with Gasteiger partial charge in [-0.15, -0.1) is 0 Å². The molecule has 0 radical (unpaired) electrons. The summed E-state index contributed by atoms with van der Waals surface area (Å²) in [6.45, 7) is 0.415. The van der Waals surface area contributed by atoms with E-state index in [-0.39, 0.29) is 24.0 Å². The maximum absolute atomic E-state index is 12.6. The largest absolute Gasteiger partial charge is 0.481 e. The van der Waals surface area contributed by atoms with Crippen molar-refractivity contribution < 1.29 is 14.7 Å². The normalized spacial score (nSPS) is 20.1. The second kappa shape index (κ2) is 6.56. The number of benzene rings is 1. The number of carboxylic acid groups (broad SMARTS) is 1. The molecule has 0 aliphatic carbocycles. The van der Waals surface area contributed by atoms with Crippen molar-refractivity contribution in [3.63, 3.8) is 0 Å². The molecule has 1 fully saturated rings. The van der Waals surface area contributed by atoms with Crippen LogP contribution in [-0.2, 0) is 4.79 Å². The molecule has 3 rings (SSSR count). The third kappa shape index (κ3) is 3.09. The predicted molar refractivity (Wildman–Crippen MR) is 90.4 cm³/mol. The van der Waals surface area contributed by atoms with Crippen molar-refractivity contribution in [2.24, 2.45) is 5.92 Å². The zero-order valence-electron chi connectivity index (χ0n) is 12.6. The first kappa shape index (κ1) is 16.4. The van der Waals surface area contributed by atoms with Crippen LogP contribution in [0.2, 0.25) is 0 Å². The van der Waals surface area contributed by atoms with Crippen molar-refractivity contribution in [3.8, 4) is 0 Å². The van der Waals surface area contributed by atoms with Crippen molar-refractivity contribution >= 4 is 33.6 Å². The van der Waals surface area contributed by atoms with Crippen LogP contribution in [0.3, 0.4) is 0 Å². The quantitative estimate of drug-likeness (QED) is 0.825. The maximum Gasteiger partial charge on any atom is 0.308 e. The Morgan fingerprint density at radius 1 is 1.17 bits per heavy atom. The SMILES string of the molecule is Nc1nccnc1C(=O)N1C[C@H](C(=O)O)[C@@H](c2ccc(Br)cc2)C1. The molecule has 124 valence electrons. The minimum atomic E-state index is -0.926. The van der Waals surface area contributed by atoms with E-state index in [4.69, 9.17) is 5.73 Å². The lowest BCUT2D eigenvalue weighted by Crippen LogP contribution is -2.31. The summed E-state index contributed by atoms with van der Waals surface area (Å²) in [5, 5.41) is 9.52. The first-order valence-corrected chi connectivity index (χ1v) is 8.10. The fourth-order valence-electron chi connectivity index (χ4n) is 2.93. The number of amides is 1. The van der Waals surface area contributed by atoms with Crippen LogP contribution >= 0.6 is 15.9 Å². The number of aromatic nitrogens is 2. The molecule has 1 saturated heterocycles. The average Bonchev–Trinajstić information content (AvgIpc) is 3.01. The highest BCUT2D eigenvalue weighted by Crippen LogP contribution is 2.34. The minimum Gasteiger partial charge on any atom is -0.481 e. The molecule has 0 bridgehead atoms. The molecule has 1 aliphatic rings. The highest BCUT2D eigenvalue weighted by atomic mass is 79.9. The van der Waals surface area contributed by atoms with Crippen molar-refractivity contribution in [1.82, 2.24) is 14.9 Å². The minimum absolute atomic E-state index is 0.0430. The number of aliphatic carboxylic acids is 1. The molecule has 0 saturated carbocycles. The monoisotopic (exact) mass is 390 g/mol. The number of nitrogens with zero attached hydrogens (tertiary/aromatic N) is 3. The number of anilines is 1. The summed E-state index contributed by atoms with van der Waals surface area (Å²) in [6.07, 6.45) is 2.79. The second-order valence-corrected chi connectivity index (χ2v) is 6.52. The van der Waals surface area contributed by atoms with Crippen LogP contribution in [0, 0.1) is 5.92 Å². The van der Waals surface area contributed by atoms with Gasteiger partial charge < -0.3 is 15.7 Å². The van der Waals surface area contributed by atoms with Crippen LogP contribution in [-0.4, -0.2) is 44.9 Å². The number of nitrogens with two attached hydrogens (primary N) is 1. The van der Waals surface area contributed by atoms with Crippen LogP contribution in [0.25, 0.3) is 0 Å². The Bertz CT molecular complexity index is 781. The molecule has 1 amide bonds. The number of carbonyl (C=O) groups is 2. The van der Waals surface area contributed by atoms with Crippen LogP contribution < -0.4 is 5.73 Å². The number of hydrogen-bond acceptors (Lipinski definition) is 5. The fourth-order valence-corrected chi connectivity index (χ4v) is 3.20. The molecule has 7 nitrogen and oxygen atoms in total. The number of hydrogen-bond donors (Lipinski definition) is 2. The van der Waals surface area contributed by atoms with Gasteiger partial charge in [0.2, 0.25) is 0 Å². The number of halogens is 1. The van der Waals surface area contributed by atoms with Crippen molar-refractivity contribution in [2.45, 2.75) is 5.92 Å². The molecular formula is C16H15BrN4O3.